The average molecular weight is 247 g/mol. The Morgan fingerprint density at radius 1 is 1.06 bits per heavy atom. The van der Waals surface area contributed by atoms with Crippen LogP contribution in [0.2, 0.25) is 0 Å². The molecule has 1 aliphatic heterocycles. The van der Waals surface area contributed by atoms with E-state index in [4.69, 9.17) is 5.73 Å². The third-order valence-electron chi connectivity index (χ3n) is 3.83. The molecule has 1 unspecified atom stereocenters. The predicted molar refractivity (Wildman–Crippen MR) is 76.8 cm³/mol. The Balaban J connectivity index is 2.17. The molecule has 1 saturated heterocycles. The Morgan fingerprint density at radius 2 is 1.61 bits per heavy atom. The van der Waals surface area contributed by atoms with Crippen molar-refractivity contribution in [3.63, 3.8) is 0 Å². The van der Waals surface area contributed by atoms with Crippen LogP contribution in [0.25, 0.3) is 0 Å². The van der Waals surface area contributed by atoms with Gasteiger partial charge in [-0.25, -0.2) is 0 Å². The number of benzene rings is 1. The van der Waals surface area contributed by atoms with Gasteiger partial charge in [-0.05, 0) is 26.5 Å². The Morgan fingerprint density at radius 3 is 2.11 bits per heavy atom. The standard InChI is InChI=1S/C15H25N3/c1-12-8-13(2)10-14(9-12)15(11-16)18-6-4-17(3)5-7-18/h8-10,15H,4-7,11,16H2,1-3H3. The van der Waals surface area contributed by atoms with E-state index in [2.05, 4.69) is 48.9 Å². The summed E-state index contributed by atoms with van der Waals surface area (Å²) in [5.74, 6) is 0. The van der Waals surface area contributed by atoms with Crippen LogP contribution >= 0.6 is 0 Å². The summed E-state index contributed by atoms with van der Waals surface area (Å²) < 4.78 is 0. The fraction of sp³-hybridized carbons (Fsp3) is 0.600. The molecular weight excluding hydrogens is 222 g/mol. The summed E-state index contributed by atoms with van der Waals surface area (Å²) in [4.78, 5) is 4.90. The fourth-order valence-corrected chi connectivity index (χ4v) is 2.83. The lowest BCUT2D eigenvalue weighted by Gasteiger charge is -2.38. The number of likely N-dealkylation sites (N-methyl/N-ethyl adjacent to an activating group) is 1. The second-order valence-electron chi connectivity index (χ2n) is 5.51. The zero-order valence-corrected chi connectivity index (χ0v) is 11.8. The van der Waals surface area contributed by atoms with E-state index in [0.29, 0.717) is 12.6 Å². The summed E-state index contributed by atoms with van der Waals surface area (Å²) in [5, 5.41) is 0. The first kappa shape index (κ1) is 13.5. The minimum atomic E-state index is 0.373. The Hall–Kier alpha value is -0.900. The lowest BCUT2D eigenvalue weighted by atomic mass is 9.99. The van der Waals surface area contributed by atoms with Crippen molar-refractivity contribution in [2.75, 3.05) is 39.8 Å². The molecule has 0 aliphatic carbocycles. The maximum Gasteiger partial charge on any atom is 0.0471 e. The summed E-state index contributed by atoms with van der Waals surface area (Å²) in [6.45, 7) is 9.54. The number of aryl methyl sites for hydroxylation is 2. The predicted octanol–water partition coefficient (Wildman–Crippen LogP) is 1.55. The number of nitrogens with two attached hydrogens (primary N) is 1. The van der Waals surface area contributed by atoms with Crippen molar-refractivity contribution in [2.24, 2.45) is 5.73 Å². The molecule has 0 amide bonds. The molecule has 3 nitrogen and oxygen atoms in total. The number of rotatable bonds is 3. The molecule has 0 aromatic heterocycles. The molecule has 100 valence electrons. The normalized spacial score (nSPS) is 20.0. The maximum atomic E-state index is 6.02. The molecule has 1 atom stereocenters. The van der Waals surface area contributed by atoms with Crippen LogP contribution in [0.5, 0.6) is 0 Å². The number of hydrogen-bond acceptors (Lipinski definition) is 3. The molecule has 0 saturated carbocycles. The van der Waals surface area contributed by atoms with Gasteiger partial charge in [0.1, 0.15) is 0 Å². The van der Waals surface area contributed by atoms with Crippen molar-refractivity contribution in [1.82, 2.24) is 9.80 Å². The largest absolute Gasteiger partial charge is 0.329 e. The van der Waals surface area contributed by atoms with Gasteiger partial charge in [-0.1, -0.05) is 29.3 Å². The van der Waals surface area contributed by atoms with Gasteiger partial charge < -0.3 is 10.6 Å². The highest BCUT2D eigenvalue weighted by molar-refractivity contribution is 5.31. The molecule has 0 radical (unpaired) electrons. The summed E-state index contributed by atoms with van der Waals surface area (Å²) in [6.07, 6.45) is 0. The van der Waals surface area contributed by atoms with Crippen LogP contribution in [-0.2, 0) is 0 Å². The lowest BCUT2D eigenvalue weighted by Crippen LogP contribution is -2.47. The van der Waals surface area contributed by atoms with Crippen LogP contribution in [0.15, 0.2) is 18.2 Å². The maximum absolute atomic E-state index is 6.02. The highest BCUT2D eigenvalue weighted by Gasteiger charge is 2.22. The summed E-state index contributed by atoms with van der Waals surface area (Å²) >= 11 is 0. The van der Waals surface area contributed by atoms with Crippen LogP contribution in [0, 0.1) is 13.8 Å². The highest BCUT2D eigenvalue weighted by Crippen LogP contribution is 2.23. The fourth-order valence-electron chi connectivity index (χ4n) is 2.83. The van der Waals surface area contributed by atoms with Gasteiger partial charge in [0, 0.05) is 38.8 Å². The molecule has 0 spiro atoms. The first-order valence-corrected chi connectivity index (χ1v) is 6.81. The van der Waals surface area contributed by atoms with Gasteiger partial charge in [-0.15, -0.1) is 0 Å². The van der Waals surface area contributed by atoms with Crippen LogP contribution < -0.4 is 5.73 Å². The lowest BCUT2D eigenvalue weighted by molar-refractivity contribution is 0.114. The van der Waals surface area contributed by atoms with Gasteiger partial charge in [-0.2, -0.15) is 0 Å². The van der Waals surface area contributed by atoms with E-state index in [-0.39, 0.29) is 0 Å². The summed E-state index contributed by atoms with van der Waals surface area (Å²) in [7, 11) is 2.19. The van der Waals surface area contributed by atoms with E-state index in [1.807, 2.05) is 0 Å². The first-order chi connectivity index (χ1) is 8.60. The van der Waals surface area contributed by atoms with Gasteiger partial charge in [0.25, 0.3) is 0 Å². The minimum Gasteiger partial charge on any atom is -0.329 e. The molecule has 1 aromatic rings. The highest BCUT2D eigenvalue weighted by atomic mass is 15.3. The Labute approximate surface area is 111 Å². The average Bonchev–Trinajstić information content (AvgIpc) is 2.31. The first-order valence-electron chi connectivity index (χ1n) is 6.81. The molecule has 2 N–H and O–H groups in total. The van der Waals surface area contributed by atoms with Crippen molar-refractivity contribution >= 4 is 0 Å². The molecule has 1 aliphatic rings. The number of piperazine rings is 1. The van der Waals surface area contributed by atoms with Gasteiger partial charge in [-0.3, -0.25) is 4.90 Å². The molecule has 1 heterocycles. The molecule has 1 fully saturated rings. The van der Waals surface area contributed by atoms with Crippen LogP contribution in [-0.4, -0.2) is 49.6 Å². The van der Waals surface area contributed by atoms with Crippen LogP contribution in [0.1, 0.15) is 22.7 Å². The van der Waals surface area contributed by atoms with Gasteiger partial charge in [0.15, 0.2) is 0 Å². The summed E-state index contributed by atoms with van der Waals surface area (Å²) in [6, 6.07) is 7.16. The van der Waals surface area contributed by atoms with Crippen molar-refractivity contribution in [2.45, 2.75) is 19.9 Å². The minimum absolute atomic E-state index is 0.373. The molecule has 3 heteroatoms. The van der Waals surface area contributed by atoms with Crippen LogP contribution in [0.4, 0.5) is 0 Å². The Bertz CT molecular complexity index is 374. The van der Waals surface area contributed by atoms with Gasteiger partial charge in [0.05, 0.1) is 0 Å². The second kappa shape index (κ2) is 5.83. The van der Waals surface area contributed by atoms with Gasteiger partial charge in [0.2, 0.25) is 0 Å². The molecule has 0 bridgehead atoms. The zero-order valence-electron chi connectivity index (χ0n) is 11.8. The van der Waals surface area contributed by atoms with E-state index in [0.717, 1.165) is 26.2 Å². The third-order valence-corrected chi connectivity index (χ3v) is 3.83. The Kier molecular flexibility index (Phi) is 4.38. The quantitative estimate of drug-likeness (QED) is 0.879. The number of hydrogen-bond donors (Lipinski definition) is 1. The van der Waals surface area contributed by atoms with E-state index >= 15 is 0 Å². The number of nitrogens with zero attached hydrogens (tertiary/aromatic N) is 2. The topological polar surface area (TPSA) is 32.5 Å². The molecular formula is C15H25N3. The summed E-state index contributed by atoms with van der Waals surface area (Å²) in [5.41, 5.74) is 10.1. The molecule has 1 aromatic carbocycles. The van der Waals surface area contributed by atoms with Crippen molar-refractivity contribution in [1.29, 1.82) is 0 Å². The van der Waals surface area contributed by atoms with E-state index < -0.39 is 0 Å². The zero-order chi connectivity index (χ0) is 13.1. The SMILES string of the molecule is Cc1cc(C)cc(C(CN)N2CCN(C)CC2)c1. The van der Waals surface area contributed by atoms with Crippen molar-refractivity contribution < 1.29 is 0 Å². The van der Waals surface area contributed by atoms with Crippen LogP contribution in [0.3, 0.4) is 0 Å². The smallest absolute Gasteiger partial charge is 0.0471 e. The van der Waals surface area contributed by atoms with Crippen molar-refractivity contribution in [3.8, 4) is 0 Å². The van der Waals surface area contributed by atoms with E-state index in [1.165, 1.54) is 16.7 Å². The monoisotopic (exact) mass is 247 g/mol. The van der Waals surface area contributed by atoms with Crippen molar-refractivity contribution in [3.05, 3.63) is 34.9 Å². The second-order valence-corrected chi connectivity index (χ2v) is 5.51. The molecule has 2 rings (SSSR count). The van der Waals surface area contributed by atoms with E-state index in [1.54, 1.807) is 0 Å². The van der Waals surface area contributed by atoms with Gasteiger partial charge >= 0.3 is 0 Å². The molecule has 18 heavy (non-hydrogen) atoms. The third kappa shape index (κ3) is 3.10. The van der Waals surface area contributed by atoms with E-state index in [9.17, 15) is 0 Å².